The molecule has 196 valence electrons. The summed E-state index contributed by atoms with van der Waals surface area (Å²) in [6, 6.07) is 1.43. The molecule has 4 heterocycles. The number of fused-ring (bicyclic) bond motifs is 1. The number of nitrogen functional groups attached to an aromatic ring is 3. The third-order valence-corrected chi connectivity index (χ3v) is 8.24. The molecule has 1 unspecified atom stereocenters. The number of nitrogens with two attached hydrogens (primary N) is 3. The Balaban J connectivity index is 1.53. The van der Waals surface area contributed by atoms with Gasteiger partial charge in [-0.3, -0.25) is 14.5 Å². The molecule has 2 aromatic rings. The van der Waals surface area contributed by atoms with E-state index in [4.69, 9.17) is 22.0 Å². The Labute approximate surface area is 223 Å². The Morgan fingerprint density at radius 3 is 2.81 bits per heavy atom. The van der Waals surface area contributed by atoms with Gasteiger partial charge in [0.1, 0.15) is 19.0 Å². The van der Waals surface area contributed by atoms with Crippen LogP contribution in [-0.4, -0.2) is 61.8 Å². The second kappa shape index (κ2) is 11.2. The van der Waals surface area contributed by atoms with Crippen LogP contribution in [0.1, 0.15) is 19.0 Å². The van der Waals surface area contributed by atoms with Crippen molar-refractivity contribution in [2.75, 3.05) is 35.3 Å². The summed E-state index contributed by atoms with van der Waals surface area (Å²) < 4.78 is 1.50. The highest BCUT2D eigenvalue weighted by Crippen LogP contribution is 2.40. The summed E-state index contributed by atoms with van der Waals surface area (Å²) in [7, 11) is 0. The van der Waals surface area contributed by atoms with Gasteiger partial charge in [-0.25, -0.2) is 9.55 Å². The van der Waals surface area contributed by atoms with Crippen LogP contribution >= 0.6 is 34.9 Å². The van der Waals surface area contributed by atoms with Crippen molar-refractivity contribution >= 4 is 75.1 Å². The van der Waals surface area contributed by atoms with Crippen LogP contribution in [0.25, 0.3) is 0 Å². The van der Waals surface area contributed by atoms with Crippen LogP contribution in [0.2, 0.25) is 0 Å². The number of amides is 2. The predicted octanol–water partition coefficient (Wildman–Crippen LogP) is -1.51. The van der Waals surface area contributed by atoms with Gasteiger partial charge in [-0.15, -0.1) is 23.1 Å². The van der Waals surface area contributed by atoms with E-state index in [9.17, 15) is 19.5 Å². The molecule has 37 heavy (non-hydrogen) atoms. The van der Waals surface area contributed by atoms with Crippen LogP contribution in [0.15, 0.2) is 33.0 Å². The van der Waals surface area contributed by atoms with Gasteiger partial charge in [-0.1, -0.05) is 10.1 Å². The predicted molar refractivity (Wildman–Crippen MR) is 137 cm³/mol. The van der Waals surface area contributed by atoms with E-state index >= 15 is 0 Å². The molecule has 0 spiro atoms. The molecule has 0 aliphatic carbocycles. The van der Waals surface area contributed by atoms with Crippen molar-refractivity contribution in [3.8, 4) is 0 Å². The van der Waals surface area contributed by atoms with E-state index in [0.29, 0.717) is 22.9 Å². The molecule has 14 nitrogen and oxygen atoms in total. The number of carboxylic acids is 1. The van der Waals surface area contributed by atoms with Crippen LogP contribution in [0.3, 0.4) is 0 Å². The zero-order valence-electron chi connectivity index (χ0n) is 19.5. The first-order chi connectivity index (χ1) is 17.7. The highest BCUT2D eigenvalue weighted by atomic mass is 32.2. The van der Waals surface area contributed by atoms with Gasteiger partial charge in [0, 0.05) is 16.9 Å². The first-order valence-electron chi connectivity index (χ1n) is 10.8. The van der Waals surface area contributed by atoms with Gasteiger partial charge in [0.05, 0.1) is 29.5 Å². The maximum atomic E-state index is 12.9. The number of aromatic nitrogens is 3. The Morgan fingerprint density at radius 2 is 2.16 bits per heavy atom. The van der Waals surface area contributed by atoms with E-state index in [1.54, 1.807) is 12.3 Å². The van der Waals surface area contributed by atoms with Crippen molar-refractivity contribution in [3.63, 3.8) is 0 Å². The minimum Gasteiger partial charge on any atom is -0.543 e. The molecule has 2 aliphatic rings. The van der Waals surface area contributed by atoms with Gasteiger partial charge in [0.25, 0.3) is 5.91 Å². The third kappa shape index (κ3) is 5.72. The quantitative estimate of drug-likeness (QED) is 0.0645. The van der Waals surface area contributed by atoms with Gasteiger partial charge in [-0.2, -0.15) is 0 Å². The lowest BCUT2D eigenvalue weighted by Crippen LogP contribution is -2.56. The first-order valence-corrected chi connectivity index (χ1v) is 13.8. The lowest BCUT2D eigenvalue weighted by Gasteiger charge is -2.45. The molecule has 2 amide bonds. The van der Waals surface area contributed by atoms with E-state index in [0.717, 1.165) is 23.1 Å². The van der Waals surface area contributed by atoms with Gasteiger partial charge in [0.2, 0.25) is 17.5 Å². The van der Waals surface area contributed by atoms with Gasteiger partial charge in [-0.05, 0) is 24.3 Å². The lowest BCUT2D eigenvalue weighted by molar-refractivity contribution is -0.725. The minimum atomic E-state index is -1.40. The molecule has 1 atom stereocenters. The molecule has 2 aliphatic heterocycles. The molecule has 1 saturated heterocycles. The summed E-state index contributed by atoms with van der Waals surface area (Å²) in [5, 5.41) is 20.3. The number of oxime groups is 1. The SMILES string of the molecule is CCO/N=C(\C(=O)NC[n+]1c(N)cc(N)nc1SCC1=C(C(=O)[O-])N2C(=O)CC2SC1)c1csc(N)n1. The molecule has 17 heteroatoms. The van der Waals surface area contributed by atoms with E-state index in [1.165, 1.54) is 27.3 Å². The van der Waals surface area contributed by atoms with Crippen LogP contribution in [0, 0.1) is 0 Å². The molecular weight excluding hydrogens is 542 g/mol. The topological polar surface area (TPSA) is 219 Å². The summed E-state index contributed by atoms with van der Waals surface area (Å²) in [5.74, 6) is -1.29. The molecular formula is C20H23N9O5S3. The average molecular weight is 566 g/mol. The number of carbonyl (C=O) groups is 3. The van der Waals surface area contributed by atoms with Gasteiger partial charge >= 0.3 is 5.16 Å². The fourth-order valence-corrected chi connectivity index (χ4v) is 6.49. The van der Waals surface area contributed by atoms with E-state index in [-0.39, 0.29) is 64.2 Å². The number of hydrogen-bond donors (Lipinski definition) is 4. The number of nitrogens with one attached hydrogen (secondary N) is 1. The molecule has 4 rings (SSSR count). The number of carboxylic acid groups (broad SMARTS) is 1. The number of aliphatic carboxylic acids is 1. The summed E-state index contributed by atoms with van der Waals surface area (Å²) in [5.41, 5.74) is 18.3. The smallest absolute Gasteiger partial charge is 0.302 e. The Kier molecular flexibility index (Phi) is 8.03. The summed E-state index contributed by atoms with van der Waals surface area (Å²) >= 11 is 3.80. The second-order valence-electron chi connectivity index (χ2n) is 7.67. The molecule has 0 aromatic carbocycles. The Bertz CT molecular complexity index is 1310. The van der Waals surface area contributed by atoms with Crippen LogP contribution in [0.4, 0.5) is 16.8 Å². The van der Waals surface area contributed by atoms with Gasteiger partial charge < -0.3 is 37.3 Å². The Morgan fingerprint density at radius 1 is 1.38 bits per heavy atom. The lowest BCUT2D eigenvalue weighted by atomic mass is 10.1. The monoisotopic (exact) mass is 565 g/mol. The summed E-state index contributed by atoms with van der Waals surface area (Å²) in [4.78, 5) is 51.4. The number of nitrogens with zero attached hydrogens (tertiary/aromatic N) is 5. The standard InChI is InChI=1S/C20H23N9O5S3/c1-2-34-27-15(10-7-36-19(23)25-10)17(31)24-8-28-12(22)3-11(21)26-20(28)37-6-9-5-35-14-4-13(30)29(14)16(9)18(32)33/h3,7,14H,2,4-6,8H2,1H3,(H7,21,22,23,24,25,31,32,33)/b27-15-. The molecule has 2 aromatic heterocycles. The van der Waals surface area contributed by atoms with E-state index in [2.05, 4.69) is 20.4 Å². The van der Waals surface area contributed by atoms with Crippen molar-refractivity contribution in [1.82, 2.24) is 20.2 Å². The minimum absolute atomic E-state index is 0.0664. The van der Waals surface area contributed by atoms with Crippen LogP contribution < -0.4 is 32.2 Å². The highest BCUT2D eigenvalue weighted by molar-refractivity contribution is 8.00. The largest absolute Gasteiger partial charge is 0.543 e. The Hall–Kier alpha value is -3.57. The van der Waals surface area contributed by atoms with Crippen molar-refractivity contribution in [2.24, 2.45) is 5.16 Å². The van der Waals surface area contributed by atoms with Crippen LogP contribution in [-0.2, 0) is 25.9 Å². The fraction of sp³-hybridized carbons (Fsp3) is 0.350. The first kappa shape index (κ1) is 26.5. The molecule has 1 fully saturated rings. The number of carbonyl (C=O) groups excluding carboxylic acids is 3. The maximum Gasteiger partial charge on any atom is 0.302 e. The number of anilines is 3. The molecule has 0 radical (unpaired) electrons. The fourth-order valence-electron chi connectivity index (χ4n) is 3.51. The average Bonchev–Trinajstić information content (AvgIpc) is 3.27. The van der Waals surface area contributed by atoms with Crippen LogP contribution in [0.5, 0.6) is 0 Å². The van der Waals surface area contributed by atoms with Crippen molar-refractivity contribution in [2.45, 2.75) is 30.5 Å². The zero-order valence-corrected chi connectivity index (χ0v) is 22.0. The number of rotatable bonds is 10. The van der Waals surface area contributed by atoms with Gasteiger partial charge in [0.15, 0.2) is 10.8 Å². The number of β-lactam (4-membered cyclic amide) rings is 1. The number of hydrogen-bond acceptors (Lipinski definition) is 14. The van der Waals surface area contributed by atoms with Crippen molar-refractivity contribution in [3.05, 3.63) is 28.4 Å². The summed E-state index contributed by atoms with van der Waals surface area (Å²) in [6.07, 6.45) is 0.303. The van der Waals surface area contributed by atoms with Crippen molar-refractivity contribution in [1.29, 1.82) is 0 Å². The van der Waals surface area contributed by atoms with Crippen molar-refractivity contribution < 1.29 is 28.9 Å². The maximum absolute atomic E-state index is 12.9. The normalized spacial score (nSPS) is 17.3. The second-order valence-corrected chi connectivity index (χ2v) is 10.7. The van der Waals surface area contributed by atoms with E-state index in [1.807, 2.05) is 0 Å². The van der Waals surface area contributed by atoms with E-state index < -0.39 is 11.9 Å². The molecule has 0 saturated carbocycles. The summed E-state index contributed by atoms with van der Waals surface area (Å²) in [6.45, 7) is 1.85. The zero-order chi connectivity index (χ0) is 26.7. The number of thiazole rings is 1. The molecule has 0 bridgehead atoms. The highest BCUT2D eigenvalue weighted by Gasteiger charge is 2.43. The third-order valence-electron chi connectivity index (χ3n) is 5.23. The number of thioether (sulfide) groups is 2. The molecule has 7 N–H and O–H groups in total.